The van der Waals surface area contributed by atoms with Crippen LogP contribution in [0.3, 0.4) is 0 Å². The Labute approximate surface area is 92.1 Å². The smallest absolute Gasteiger partial charge is 0.347 e. The van der Waals surface area contributed by atoms with Crippen LogP contribution in [0.4, 0.5) is 5.69 Å². The molecule has 5 heteroatoms. The molecule has 0 amide bonds. The van der Waals surface area contributed by atoms with Gasteiger partial charge in [0.05, 0.1) is 5.69 Å². The normalized spacial score (nSPS) is 14.2. The van der Waals surface area contributed by atoms with Crippen molar-refractivity contribution in [3.63, 3.8) is 0 Å². The van der Waals surface area contributed by atoms with Crippen LogP contribution < -0.4 is 11.0 Å². The fourth-order valence-corrected chi connectivity index (χ4v) is 2.03. The maximum atomic E-state index is 11.4. The molecule has 1 aliphatic rings. The number of aromatic nitrogens is 3. The van der Waals surface area contributed by atoms with Crippen molar-refractivity contribution < 1.29 is 0 Å². The van der Waals surface area contributed by atoms with Gasteiger partial charge in [-0.25, -0.2) is 14.5 Å². The standard InChI is InChI=1S/C11H12N4O/c16-11-14-13-7-15(11)9-4-3-8-2-1-5-12-10(8)6-9/h3-4,6-7,12H,1-2,5H2,(H,14,16). The Hall–Kier alpha value is -2.04. The van der Waals surface area contributed by atoms with E-state index in [1.54, 1.807) is 0 Å². The Kier molecular flexibility index (Phi) is 2.02. The van der Waals surface area contributed by atoms with Crippen LogP contribution in [0.15, 0.2) is 29.3 Å². The zero-order chi connectivity index (χ0) is 11.0. The second-order valence-corrected chi connectivity index (χ2v) is 3.90. The second-order valence-electron chi connectivity index (χ2n) is 3.90. The molecule has 0 aliphatic carbocycles. The van der Waals surface area contributed by atoms with Gasteiger partial charge in [0.1, 0.15) is 6.33 Å². The fraction of sp³-hybridized carbons (Fsp3) is 0.273. The maximum absolute atomic E-state index is 11.4. The molecule has 0 fully saturated rings. The van der Waals surface area contributed by atoms with E-state index in [1.165, 1.54) is 16.5 Å². The van der Waals surface area contributed by atoms with E-state index in [2.05, 4.69) is 21.6 Å². The van der Waals surface area contributed by atoms with Crippen LogP contribution in [0.1, 0.15) is 12.0 Å². The monoisotopic (exact) mass is 216 g/mol. The molecule has 2 aromatic rings. The fourth-order valence-electron chi connectivity index (χ4n) is 2.03. The molecule has 0 radical (unpaired) electrons. The number of benzene rings is 1. The first-order chi connectivity index (χ1) is 7.84. The number of H-pyrrole nitrogens is 1. The molecule has 1 aromatic carbocycles. The van der Waals surface area contributed by atoms with Gasteiger partial charge in [-0.05, 0) is 30.5 Å². The lowest BCUT2D eigenvalue weighted by Crippen LogP contribution is -2.16. The van der Waals surface area contributed by atoms with Gasteiger partial charge in [0.2, 0.25) is 0 Å². The van der Waals surface area contributed by atoms with Gasteiger partial charge in [-0.2, -0.15) is 5.10 Å². The molecule has 0 atom stereocenters. The largest absolute Gasteiger partial charge is 0.385 e. The molecule has 0 saturated carbocycles. The molecule has 1 aliphatic heterocycles. The third kappa shape index (κ3) is 1.41. The number of hydrogen-bond acceptors (Lipinski definition) is 3. The van der Waals surface area contributed by atoms with Gasteiger partial charge in [0.15, 0.2) is 0 Å². The third-order valence-corrected chi connectivity index (χ3v) is 2.86. The molecule has 16 heavy (non-hydrogen) atoms. The molecular formula is C11H12N4O. The summed E-state index contributed by atoms with van der Waals surface area (Å²) in [5, 5.41) is 9.44. The second kappa shape index (κ2) is 3.52. The average Bonchev–Trinajstić information content (AvgIpc) is 2.75. The first kappa shape index (κ1) is 9.21. The Bertz CT molecular complexity index is 569. The van der Waals surface area contributed by atoms with Crippen molar-refractivity contribution in [1.82, 2.24) is 14.8 Å². The number of aromatic amines is 1. The van der Waals surface area contributed by atoms with E-state index in [1.807, 2.05) is 12.1 Å². The number of aryl methyl sites for hydroxylation is 1. The first-order valence-corrected chi connectivity index (χ1v) is 5.34. The molecule has 3 rings (SSSR count). The number of hydrogen-bond donors (Lipinski definition) is 2. The van der Waals surface area contributed by atoms with E-state index < -0.39 is 0 Å². The van der Waals surface area contributed by atoms with Crippen LogP contribution in [-0.4, -0.2) is 21.3 Å². The van der Waals surface area contributed by atoms with Crippen LogP contribution in [0.25, 0.3) is 5.69 Å². The Balaban J connectivity index is 2.10. The van der Waals surface area contributed by atoms with Crippen molar-refractivity contribution in [2.75, 3.05) is 11.9 Å². The number of fused-ring (bicyclic) bond motifs is 1. The quantitative estimate of drug-likeness (QED) is 0.745. The summed E-state index contributed by atoms with van der Waals surface area (Å²) in [5.74, 6) is 0. The highest BCUT2D eigenvalue weighted by atomic mass is 16.1. The summed E-state index contributed by atoms with van der Waals surface area (Å²) in [6.45, 7) is 0.997. The van der Waals surface area contributed by atoms with E-state index in [9.17, 15) is 4.79 Å². The minimum Gasteiger partial charge on any atom is -0.385 e. The Morgan fingerprint density at radius 3 is 3.12 bits per heavy atom. The van der Waals surface area contributed by atoms with E-state index in [0.717, 1.165) is 30.8 Å². The molecule has 2 heterocycles. The lowest BCUT2D eigenvalue weighted by atomic mass is 10.0. The van der Waals surface area contributed by atoms with Gasteiger partial charge in [-0.15, -0.1) is 0 Å². The summed E-state index contributed by atoms with van der Waals surface area (Å²) in [7, 11) is 0. The van der Waals surface area contributed by atoms with Crippen molar-refractivity contribution in [3.8, 4) is 5.69 Å². The molecule has 0 unspecified atom stereocenters. The highest BCUT2D eigenvalue weighted by Crippen LogP contribution is 2.23. The summed E-state index contributed by atoms with van der Waals surface area (Å²) in [6.07, 6.45) is 3.76. The minimum atomic E-state index is -0.212. The highest BCUT2D eigenvalue weighted by molar-refractivity contribution is 5.58. The molecule has 0 saturated heterocycles. The topological polar surface area (TPSA) is 62.7 Å². The molecule has 2 N–H and O–H groups in total. The van der Waals surface area contributed by atoms with Gasteiger partial charge in [0, 0.05) is 12.2 Å². The van der Waals surface area contributed by atoms with Gasteiger partial charge < -0.3 is 5.32 Å². The average molecular weight is 216 g/mol. The SMILES string of the molecule is O=c1[nH]ncn1-c1ccc2c(c1)NCCC2. The van der Waals surface area contributed by atoms with Crippen molar-refractivity contribution in [1.29, 1.82) is 0 Å². The van der Waals surface area contributed by atoms with Crippen LogP contribution >= 0.6 is 0 Å². The summed E-state index contributed by atoms with van der Waals surface area (Å²) >= 11 is 0. The van der Waals surface area contributed by atoms with Crippen molar-refractivity contribution in [2.24, 2.45) is 0 Å². The number of anilines is 1. The third-order valence-electron chi connectivity index (χ3n) is 2.86. The van der Waals surface area contributed by atoms with E-state index in [4.69, 9.17) is 0 Å². The summed E-state index contributed by atoms with van der Waals surface area (Å²) in [6, 6.07) is 6.00. The van der Waals surface area contributed by atoms with Crippen LogP contribution in [0, 0.1) is 0 Å². The molecular weight excluding hydrogens is 204 g/mol. The van der Waals surface area contributed by atoms with Gasteiger partial charge >= 0.3 is 5.69 Å². The van der Waals surface area contributed by atoms with Gasteiger partial charge in [-0.3, -0.25) is 0 Å². The molecule has 0 spiro atoms. The molecule has 0 bridgehead atoms. The van der Waals surface area contributed by atoms with E-state index in [0.29, 0.717) is 0 Å². The molecule has 5 nitrogen and oxygen atoms in total. The van der Waals surface area contributed by atoms with Crippen LogP contribution in [0.2, 0.25) is 0 Å². The van der Waals surface area contributed by atoms with E-state index in [-0.39, 0.29) is 5.69 Å². The first-order valence-electron chi connectivity index (χ1n) is 5.34. The van der Waals surface area contributed by atoms with Crippen LogP contribution in [-0.2, 0) is 6.42 Å². The lowest BCUT2D eigenvalue weighted by molar-refractivity contribution is 0.828. The Morgan fingerprint density at radius 2 is 2.31 bits per heavy atom. The van der Waals surface area contributed by atoms with Crippen molar-refractivity contribution >= 4 is 5.69 Å². The number of nitrogens with zero attached hydrogens (tertiary/aromatic N) is 2. The summed E-state index contributed by atoms with van der Waals surface area (Å²) < 4.78 is 1.50. The predicted molar refractivity (Wildman–Crippen MR) is 61.0 cm³/mol. The lowest BCUT2D eigenvalue weighted by Gasteiger charge is -2.18. The van der Waals surface area contributed by atoms with Crippen molar-refractivity contribution in [2.45, 2.75) is 12.8 Å². The number of rotatable bonds is 1. The Morgan fingerprint density at radius 1 is 1.38 bits per heavy atom. The zero-order valence-electron chi connectivity index (χ0n) is 8.73. The molecule has 1 aromatic heterocycles. The predicted octanol–water partition coefficient (Wildman–Crippen LogP) is 0.919. The minimum absolute atomic E-state index is 0.212. The number of nitrogens with one attached hydrogen (secondary N) is 2. The van der Waals surface area contributed by atoms with Gasteiger partial charge in [-0.1, -0.05) is 6.07 Å². The van der Waals surface area contributed by atoms with Crippen LogP contribution in [0.5, 0.6) is 0 Å². The highest BCUT2D eigenvalue weighted by Gasteiger charge is 2.10. The summed E-state index contributed by atoms with van der Waals surface area (Å²) in [4.78, 5) is 11.4. The summed E-state index contributed by atoms with van der Waals surface area (Å²) in [5.41, 5.74) is 3.06. The van der Waals surface area contributed by atoms with Gasteiger partial charge in [0.25, 0.3) is 0 Å². The maximum Gasteiger partial charge on any atom is 0.347 e. The van der Waals surface area contributed by atoms with E-state index >= 15 is 0 Å². The zero-order valence-corrected chi connectivity index (χ0v) is 8.73. The van der Waals surface area contributed by atoms with Crippen molar-refractivity contribution in [3.05, 3.63) is 40.6 Å². The molecule has 82 valence electrons.